The molecule has 1 fully saturated rings. The Morgan fingerprint density at radius 2 is 2.40 bits per heavy atom. The Morgan fingerprint density at radius 1 is 1.60 bits per heavy atom. The van der Waals surface area contributed by atoms with E-state index >= 15 is 0 Å². The van der Waals surface area contributed by atoms with E-state index in [1.165, 1.54) is 0 Å². The lowest BCUT2D eigenvalue weighted by atomic mass is 10.1. The van der Waals surface area contributed by atoms with Gasteiger partial charge in [-0.05, 0) is 40.4 Å². The molecule has 2 rings (SSSR count). The molecular formula is C11H13BrN2O. The molecule has 2 heterocycles. The fourth-order valence-electron chi connectivity index (χ4n) is 2.07. The lowest BCUT2D eigenvalue weighted by Crippen LogP contribution is -2.28. The highest BCUT2D eigenvalue weighted by molar-refractivity contribution is 9.10. The molecule has 80 valence electrons. The summed E-state index contributed by atoms with van der Waals surface area (Å²) in [5, 5.41) is 0. The van der Waals surface area contributed by atoms with Gasteiger partial charge in [0.05, 0.1) is 6.04 Å². The van der Waals surface area contributed by atoms with Crippen molar-refractivity contribution in [1.82, 2.24) is 9.88 Å². The fourth-order valence-corrected chi connectivity index (χ4v) is 2.31. The van der Waals surface area contributed by atoms with Gasteiger partial charge in [-0.1, -0.05) is 6.07 Å². The highest BCUT2D eigenvalue weighted by Crippen LogP contribution is 2.31. The number of likely N-dealkylation sites (tertiary alicyclic amines) is 1. The van der Waals surface area contributed by atoms with Crippen molar-refractivity contribution >= 4 is 21.8 Å². The number of aromatic nitrogens is 1. The third-order valence-corrected chi connectivity index (χ3v) is 3.26. The molecule has 1 saturated heterocycles. The second-order valence-electron chi connectivity index (χ2n) is 3.78. The minimum atomic E-state index is 0.153. The van der Waals surface area contributed by atoms with Gasteiger partial charge in [0, 0.05) is 19.7 Å². The van der Waals surface area contributed by atoms with E-state index in [9.17, 15) is 4.79 Å². The number of hydrogen-bond donors (Lipinski definition) is 0. The molecule has 0 unspecified atom stereocenters. The molecule has 1 aromatic rings. The molecule has 0 radical (unpaired) electrons. The topological polar surface area (TPSA) is 33.2 Å². The van der Waals surface area contributed by atoms with Crippen molar-refractivity contribution in [3.63, 3.8) is 0 Å². The molecule has 0 aromatic carbocycles. The number of halogens is 1. The SMILES string of the molecule is CC(=O)N1CCC[C@@H]1c1ccc(Br)nc1. The lowest BCUT2D eigenvalue weighted by Gasteiger charge is -2.23. The molecule has 3 nitrogen and oxygen atoms in total. The Kier molecular flexibility index (Phi) is 3.05. The van der Waals surface area contributed by atoms with E-state index in [1.807, 2.05) is 23.2 Å². The van der Waals surface area contributed by atoms with E-state index in [-0.39, 0.29) is 11.9 Å². The van der Waals surface area contributed by atoms with Crippen LogP contribution in [-0.4, -0.2) is 22.3 Å². The molecule has 1 aliphatic rings. The molecule has 0 saturated carbocycles. The molecule has 1 amide bonds. The van der Waals surface area contributed by atoms with Gasteiger partial charge in [-0.2, -0.15) is 0 Å². The van der Waals surface area contributed by atoms with E-state index in [0.717, 1.165) is 29.6 Å². The summed E-state index contributed by atoms with van der Waals surface area (Å²) >= 11 is 3.31. The van der Waals surface area contributed by atoms with Gasteiger partial charge in [-0.3, -0.25) is 4.79 Å². The van der Waals surface area contributed by atoms with Crippen LogP contribution in [0.5, 0.6) is 0 Å². The molecule has 15 heavy (non-hydrogen) atoms. The van der Waals surface area contributed by atoms with E-state index in [0.29, 0.717) is 0 Å². The third kappa shape index (κ3) is 2.20. The van der Waals surface area contributed by atoms with Gasteiger partial charge in [0.15, 0.2) is 0 Å². The van der Waals surface area contributed by atoms with Gasteiger partial charge in [0.25, 0.3) is 0 Å². The summed E-state index contributed by atoms with van der Waals surface area (Å²) in [4.78, 5) is 17.5. The first kappa shape index (κ1) is 10.6. The highest BCUT2D eigenvalue weighted by Gasteiger charge is 2.27. The zero-order valence-corrected chi connectivity index (χ0v) is 10.2. The highest BCUT2D eigenvalue weighted by atomic mass is 79.9. The average Bonchev–Trinajstić information content (AvgIpc) is 2.67. The van der Waals surface area contributed by atoms with Crippen molar-refractivity contribution in [3.8, 4) is 0 Å². The van der Waals surface area contributed by atoms with Crippen molar-refractivity contribution in [1.29, 1.82) is 0 Å². The molecule has 0 N–H and O–H groups in total. The van der Waals surface area contributed by atoms with E-state index in [1.54, 1.807) is 6.92 Å². The van der Waals surface area contributed by atoms with Crippen LogP contribution in [0.25, 0.3) is 0 Å². The lowest BCUT2D eigenvalue weighted by molar-refractivity contribution is -0.129. The van der Waals surface area contributed by atoms with Gasteiger partial charge < -0.3 is 4.90 Å². The molecule has 4 heteroatoms. The van der Waals surface area contributed by atoms with Crippen LogP contribution in [0.2, 0.25) is 0 Å². The van der Waals surface area contributed by atoms with Gasteiger partial charge in [-0.25, -0.2) is 4.98 Å². The minimum Gasteiger partial charge on any atom is -0.336 e. The largest absolute Gasteiger partial charge is 0.336 e. The van der Waals surface area contributed by atoms with Crippen LogP contribution in [-0.2, 0) is 4.79 Å². The number of carbonyl (C=O) groups excluding carboxylic acids is 1. The van der Waals surface area contributed by atoms with Gasteiger partial charge in [-0.15, -0.1) is 0 Å². The Morgan fingerprint density at radius 3 is 3.00 bits per heavy atom. The van der Waals surface area contributed by atoms with E-state index in [2.05, 4.69) is 20.9 Å². The normalized spacial score (nSPS) is 20.7. The smallest absolute Gasteiger partial charge is 0.219 e. The Balaban J connectivity index is 2.22. The zero-order valence-electron chi connectivity index (χ0n) is 8.61. The standard InChI is InChI=1S/C11H13BrN2O/c1-8(15)14-6-2-3-10(14)9-4-5-11(12)13-7-9/h4-5,7,10H,2-3,6H2,1H3/t10-/m1/s1. The first-order chi connectivity index (χ1) is 7.18. The van der Waals surface area contributed by atoms with Crippen LogP contribution in [0.3, 0.4) is 0 Å². The Labute approximate surface area is 97.6 Å². The first-order valence-electron chi connectivity index (χ1n) is 5.07. The number of pyridine rings is 1. The van der Waals surface area contributed by atoms with Crippen LogP contribution < -0.4 is 0 Å². The monoisotopic (exact) mass is 268 g/mol. The molecule has 0 aliphatic carbocycles. The summed E-state index contributed by atoms with van der Waals surface area (Å²) in [5.74, 6) is 0.153. The molecular weight excluding hydrogens is 256 g/mol. The van der Waals surface area contributed by atoms with Gasteiger partial charge >= 0.3 is 0 Å². The predicted molar refractivity (Wildman–Crippen MR) is 61.3 cm³/mol. The molecule has 0 spiro atoms. The van der Waals surface area contributed by atoms with E-state index < -0.39 is 0 Å². The summed E-state index contributed by atoms with van der Waals surface area (Å²) in [5.41, 5.74) is 1.13. The van der Waals surface area contributed by atoms with Crippen molar-refractivity contribution in [2.75, 3.05) is 6.54 Å². The van der Waals surface area contributed by atoms with Crippen molar-refractivity contribution < 1.29 is 4.79 Å². The van der Waals surface area contributed by atoms with Gasteiger partial charge in [0.2, 0.25) is 5.91 Å². The maximum absolute atomic E-state index is 11.4. The Bertz CT molecular complexity index is 363. The van der Waals surface area contributed by atoms with Crippen LogP contribution in [0.1, 0.15) is 31.4 Å². The molecule has 0 bridgehead atoms. The van der Waals surface area contributed by atoms with Crippen LogP contribution >= 0.6 is 15.9 Å². The summed E-state index contributed by atoms with van der Waals surface area (Å²) in [6, 6.07) is 4.18. The van der Waals surface area contributed by atoms with Crippen LogP contribution in [0, 0.1) is 0 Å². The van der Waals surface area contributed by atoms with Gasteiger partial charge in [0.1, 0.15) is 4.60 Å². The zero-order chi connectivity index (χ0) is 10.8. The summed E-state index contributed by atoms with van der Waals surface area (Å²) in [6.07, 6.45) is 3.97. The first-order valence-corrected chi connectivity index (χ1v) is 5.86. The maximum Gasteiger partial charge on any atom is 0.219 e. The quantitative estimate of drug-likeness (QED) is 0.734. The van der Waals surface area contributed by atoms with Crippen LogP contribution in [0.15, 0.2) is 22.9 Å². The molecule has 1 aromatic heterocycles. The predicted octanol–water partition coefficient (Wildman–Crippen LogP) is 2.53. The van der Waals surface area contributed by atoms with Crippen molar-refractivity contribution in [2.45, 2.75) is 25.8 Å². The number of carbonyl (C=O) groups is 1. The summed E-state index contributed by atoms with van der Waals surface area (Å²) < 4.78 is 0.832. The van der Waals surface area contributed by atoms with Crippen molar-refractivity contribution in [2.24, 2.45) is 0 Å². The second-order valence-corrected chi connectivity index (χ2v) is 4.60. The second kappa shape index (κ2) is 4.31. The summed E-state index contributed by atoms with van der Waals surface area (Å²) in [6.45, 7) is 2.50. The summed E-state index contributed by atoms with van der Waals surface area (Å²) in [7, 11) is 0. The fraction of sp³-hybridized carbons (Fsp3) is 0.455. The van der Waals surface area contributed by atoms with E-state index in [4.69, 9.17) is 0 Å². The van der Waals surface area contributed by atoms with Crippen molar-refractivity contribution in [3.05, 3.63) is 28.5 Å². The Hall–Kier alpha value is -0.900. The molecule has 1 atom stereocenters. The minimum absolute atomic E-state index is 0.153. The van der Waals surface area contributed by atoms with Crippen LogP contribution in [0.4, 0.5) is 0 Å². The number of hydrogen-bond acceptors (Lipinski definition) is 2. The third-order valence-electron chi connectivity index (χ3n) is 2.79. The number of nitrogens with zero attached hydrogens (tertiary/aromatic N) is 2. The maximum atomic E-state index is 11.4. The number of amides is 1. The number of rotatable bonds is 1. The average molecular weight is 269 g/mol. The molecule has 1 aliphatic heterocycles.